The van der Waals surface area contributed by atoms with Crippen molar-refractivity contribution in [3.05, 3.63) is 36.5 Å². The van der Waals surface area contributed by atoms with E-state index in [0.29, 0.717) is 12.5 Å². The van der Waals surface area contributed by atoms with Crippen molar-refractivity contribution < 1.29 is 18.7 Å². The van der Waals surface area contributed by atoms with Gasteiger partial charge in [-0.3, -0.25) is 5.32 Å². The Labute approximate surface area is 219 Å². The molecule has 2 fully saturated rings. The summed E-state index contributed by atoms with van der Waals surface area (Å²) in [6.07, 6.45) is 1.62. The standard InChI is InChI=1S/C25H32FN9O3/c1-33-12-8-16(9-13-33)28-25(37)38-21-7-11-27-23(31-21)35-14-10-17(26)20(15-35)34(2)24(36)32-22-29-18-5-3-4-6-19(18)30-22/h3-7,11,16-17,20H,8-10,12-15H2,1-2H3,(H,28,37)(H2,29,30,32,36)/t17-,20+/m1/s1. The molecule has 2 aliphatic heterocycles. The highest BCUT2D eigenvalue weighted by Gasteiger charge is 2.35. The number of aromatic amines is 1. The van der Waals surface area contributed by atoms with Crippen molar-refractivity contribution >= 4 is 35.1 Å². The van der Waals surface area contributed by atoms with Crippen LogP contribution in [-0.4, -0.2) is 100 Å². The molecule has 2 atom stereocenters. The van der Waals surface area contributed by atoms with Crippen LogP contribution < -0.4 is 20.3 Å². The molecule has 3 aromatic rings. The Bertz CT molecular complexity index is 1250. The number of hydrogen-bond acceptors (Lipinski definition) is 8. The highest BCUT2D eigenvalue weighted by Crippen LogP contribution is 2.24. The number of halogens is 1. The molecule has 0 saturated carbocycles. The second-order valence-electron chi connectivity index (χ2n) is 9.77. The second-order valence-corrected chi connectivity index (χ2v) is 9.77. The number of ether oxygens (including phenoxy) is 1. The van der Waals surface area contributed by atoms with E-state index in [9.17, 15) is 14.0 Å². The van der Waals surface area contributed by atoms with E-state index in [1.807, 2.05) is 24.3 Å². The number of rotatable bonds is 5. The SMILES string of the molecule is CN1CCC(NC(=O)Oc2ccnc(N3CC[C@@H](F)[C@@H](N(C)C(=O)Nc4nc5ccccc5[nH]4)C3)n2)CC1. The lowest BCUT2D eigenvalue weighted by molar-refractivity contribution is 0.133. The maximum Gasteiger partial charge on any atom is 0.414 e. The van der Waals surface area contributed by atoms with Crippen molar-refractivity contribution in [3.63, 3.8) is 0 Å². The zero-order valence-corrected chi connectivity index (χ0v) is 21.4. The number of alkyl halides is 1. The molecule has 0 unspecified atom stereocenters. The molecule has 12 nitrogen and oxygen atoms in total. The lowest BCUT2D eigenvalue weighted by Crippen LogP contribution is -2.55. The lowest BCUT2D eigenvalue weighted by Gasteiger charge is -2.39. The summed E-state index contributed by atoms with van der Waals surface area (Å²) in [5.41, 5.74) is 1.51. The maximum atomic E-state index is 15.0. The fourth-order valence-corrected chi connectivity index (χ4v) is 4.79. The van der Waals surface area contributed by atoms with E-state index in [1.54, 1.807) is 11.9 Å². The number of urea groups is 1. The molecule has 38 heavy (non-hydrogen) atoms. The van der Waals surface area contributed by atoms with E-state index < -0.39 is 24.3 Å². The molecular formula is C25H32FN9O3. The van der Waals surface area contributed by atoms with Crippen LogP contribution in [0.3, 0.4) is 0 Å². The van der Waals surface area contributed by atoms with Crippen LogP contribution in [0.5, 0.6) is 5.88 Å². The maximum absolute atomic E-state index is 15.0. The number of carbonyl (C=O) groups is 2. The zero-order chi connectivity index (χ0) is 26.6. The van der Waals surface area contributed by atoms with E-state index in [0.717, 1.165) is 37.0 Å². The lowest BCUT2D eigenvalue weighted by atomic mass is 10.0. The van der Waals surface area contributed by atoms with Crippen molar-refractivity contribution in [3.8, 4) is 5.88 Å². The predicted octanol–water partition coefficient (Wildman–Crippen LogP) is 2.62. The number of likely N-dealkylation sites (tertiary alicyclic amines) is 1. The average Bonchev–Trinajstić information content (AvgIpc) is 3.32. The van der Waals surface area contributed by atoms with Gasteiger partial charge in [0.1, 0.15) is 6.17 Å². The third kappa shape index (κ3) is 5.93. The Kier molecular flexibility index (Phi) is 7.54. The molecule has 0 aliphatic carbocycles. The molecular weight excluding hydrogens is 493 g/mol. The smallest absolute Gasteiger partial charge is 0.391 e. The van der Waals surface area contributed by atoms with E-state index in [1.165, 1.54) is 17.2 Å². The summed E-state index contributed by atoms with van der Waals surface area (Å²) >= 11 is 0. The normalized spacial score (nSPS) is 20.8. The first-order valence-corrected chi connectivity index (χ1v) is 12.7. The number of benzene rings is 1. The van der Waals surface area contributed by atoms with E-state index >= 15 is 0 Å². The first kappa shape index (κ1) is 25.6. The zero-order valence-electron chi connectivity index (χ0n) is 21.4. The summed E-state index contributed by atoms with van der Waals surface area (Å²) in [7, 11) is 3.60. The minimum Gasteiger partial charge on any atom is -0.391 e. The molecule has 202 valence electrons. The summed E-state index contributed by atoms with van der Waals surface area (Å²) in [5, 5.41) is 5.59. The number of anilines is 2. The average molecular weight is 526 g/mol. The fourth-order valence-electron chi connectivity index (χ4n) is 4.79. The number of piperidine rings is 2. The third-order valence-electron chi connectivity index (χ3n) is 7.07. The van der Waals surface area contributed by atoms with Gasteiger partial charge in [0.2, 0.25) is 17.8 Å². The van der Waals surface area contributed by atoms with Crippen molar-refractivity contribution in [2.45, 2.75) is 37.5 Å². The Morgan fingerprint density at radius 3 is 2.71 bits per heavy atom. The number of hydrogen-bond donors (Lipinski definition) is 3. The molecule has 4 heterocycles. The summed E-state index contributed by atoms with van der Waals surface area (Å²) in [5.74, 6) is 0.700. The number of nitrogens with one attached hydrogen (secondary N) is 3. The van der Waals surface area contributed by atoms with Crippen LogP contribution in [-0.2, 0) is 0 Å². The van der Waals surface area contributed by atoms with Crippen LogP contribution in [0.2, 0.25) is 0 Å². The van der Waals surface area contributed by atoms with E-state index in [2.05, 4.69) is 42.5 Å². The van der Waals surface area contributed by atoms with Crippen LogP contribution in [0.15, 0.2) is 36.5 Å². The summed E-state index contributed by atoms with van der Waals surface area (Å²) in [4.78, 5) is 46.7. The van der Waals surface area contributed by atoms with E-state index in [4.69, 9.17) is 4.74 Å². The number of imidazole rings is 1. The number of aromatic nitrogens is 4. The molecule has 5 rings (SSSR count). The molecule has 2 saturated heterocycles. The summed E-state index contributed by atoms with van der Waals surface area (Å²) in [6.45, 7) is 2.37. The molecule has 0 radical (unpaired) electrons. The van der Waals surface area contributed by atoms with Crippen molar-refractivity contribution in [1.82, 2.24) is 35.1 Å². The van der Waals surface area contributed by atoms with Gasteiger partial charge in [0, 0.05) is 38.4 Å². The van der Waals surface area contributed by atoms with Gasteiger partial charge < -0.3 is 29.7 Å². The van der Waals surface area contributed by atoms with E-state index in [-0.39, 0.29) is 30.8 Å². The molecule has 2 aliphatic rings. The van der Waals surface area contributed by atoms with Gasteiger partial charge >= 0.3 is 12.1 Å². The summed E-state index contributed by atoms with van der Waals surface area (Å²) < 4.78 is 20.4. The topological polar surface area (TPSA) is 132 Å². The first-order chi connectivity index (χ1) is 18.4. The highest BCUT2D eigenvalue weighted by atomic mass is 19.1. The molecule has 13 heteroatoms. The number of carbonyl (C=O) groups excluding carboxylic acids is 2. The van der Waals surface area contributed by atoms with Gasteiger partial charge in [-0.2, -0.15) is 4.98 Å². The van der Waals surface area contributed by atoms with Crippen molar-refractivity contribution in [2.75, 3.05) is 50.5 Å². The third-order valence-corrected chi connectivity index (χ3v) is 7.07. The molecule has 1 aromatic carbocycles. The molecule has 3 amide bonds. The number of likely N-dealkylation sites (N-methyl/N-ethyl adjacent to an activating group) is 1. The summed E-state index contributed by atoms with van der Waals surface area (Å²) in [6, 6.07) is 7.75. The monoisotopic (exact) mass is 525 g/mol. The highest BCUT2D eigenvalue weighted by molar-refractivity contribution is 5.90. The quantitative estimate of drug-likeness (QED) is 0.463. The Morgan fingerprint density at radius 1 is 1.13 bits per heavy atom. The van der Waals surface area contributed by atoms with Crippen LogP contribution in [0.4, 0.5) is 25.9 Å². The fraction of sp³-hybridized carbons (Fsp3) is 0.480. The number of para-hydroxylation sites is 2. The van der Waals surface area contributed by atoms with Gasteiger partial charge in [0.25, 0.3) is 0 Å². The van der Waals surface area contributed by atoms with Gasteiger partial charge in [0.15, 0.2) is 0 Å². The van der Waals surface area contributed by atoms with Crippen LogP contribution in [0.25, 0.3) is 11.0 Å². The van der Waals surface area contributed by atoms with Crippen molar-refractivity contribution in [2.24, 2.45) is 0 Å². The number of H-pyrrole nitrogens is 1. The van der Waals surface area contributed by atoms with Crippen LogP contribution in [0.1, 0.15) is 19.3 Å². The molecule has 2 aromatic heterocycles. The van der Waals surface area contributed by atoms with Gasteiger partial charge in [-0.1, -0.05) is 12.1 Å². The Hall–Kier alpha value is -4.00. The first-order valence-electron chi connectivity index (χ1n) is 12.7. The van der Waals surface area contributed by atoms with Gasteiger partial charge in [-0.05, 0) is 51.5 Å². The largest absolute Gasteiger partial charge is 0.414 e. The van der Waals surface area contributed by atoms with Crippen LogP contribution in [0, 0.1) is 0 Å². The van der Waals surface area contributed by atoms with Gasteiger partial charge in [-0.15, -0.1) is 0 Å². The Balaban J connectivity index is 1.20. The number of amides is 3. The second kappa shape index (κ2) is 11.2. The minimum atomic E-state index is -1.22. The minimum absolute atomic E-state index is 0.0607. The predicted molar refractivity (Wildman–Crippen MR) is 140 cm³/mol. The molecule has 3 N–H and O–H groups in total. The number of fused-ring (bicyclic) bond motifs is 1. The molecule has 0 bridgehead atoms. The Morgan fingerprint density at radius 2 is 1.92 bits per heavy atom. The van der Waals surface area contributed by atoms with Gasteiger partial charge in [0.05, 0.1) is 17.1 Å². The number of nitrogens with zero attached hydrogens (tertiary/aromatic N) is 6. The molecule has 0 spiro atoms. The van der Waals surface area contributed by atoms with Crippen molar-refractivity contribution in [1.29, 1.82) is 0 Å². The van der Waals surface area contributed by atoms with Crippen LogP contribution >= 0.6 is 0 Å². The van der Waals surface area contributed by atoms with Gasteiger partial charge in [-0.25, -0.2) is 23.9 Å².